The van der Waals surface area contributed by atoms with E-state index in [0.29, 0.717) is 12.4 Å². The SMILES string of the molecule is COC(=O)c1nccc(NCCc2nc(C)cs2)n1. The summed E-state index contributed by atoms with van der Waals surface area (Å²) in [7, 11) is 1.30. The molecule has 0 aromatic carbocycles. The average molecular weight is 278 g/mol. The second-order valence-electron chi connectivity index (χ2n) is 3.82. The standard InChI is InChI=1S/C12H14N4O2S/c1-8-7-19-10(15-8)4-6-13-9-3-5-14-11(16-9)12(17)18-2/h3,5,7H,4,6H2,1-2H3,(H,13,14,16). The maximum Gasteiger partial charge on any atom is 0.376 e. The maximum atomic E-state index is 11.3. The van der Waals surface area contributed by atoms with Crippen LogP contribution in [0, 0.1) is 6.92 Å². The molecule has 0 saturated carbocycles. The second-order valence-corrected chi connectivity index (χ2v) is 4.76. The van der Waals surface area contributed by atoms with Crippen molar-refractivity contribution in [3.8, 4) is 0 Å². The van der Waals surface area contributed by atoms with E-state index in [2.05, 4.69) is 25.0 Å². The molecule has 6 nitrogen and oxygen atoms in total. The number of thiazole rings is 1. The van der Waals surface area contributed by atoms with Gasteiger partial charge in [-0.1, -0.05) is 0 Å². The molecule has 2 heterocycles. The van der Waals surface area contributed by atoms with Gasteiger partial charge in [-0.2, -0.15) is 0 Å². The summed E-state index contributed by atoms with van der Waals surface area (Å²) in [5.74, 6) is 0.112. The number of hydrogen-bond acceptors (Lipinski definition) is 7. The van der Waals surface area contributed by atoms with Crippen LogP contribution in [0.3, 0.4) is 0 Å². The fraction of sp³-hybridized carbons (Fsp3) is 0.333. The van der Waals surface area contributed by atoms with Gasteiger partial charge in [-0.15, -0.1) is 11.3 Å². The molecule has 0 fully saturated rings. The van der Waals surface area contributed by atoms with Crippen LogP contribution < -0.4 is 5.32 Å². The third-order valence-corrected chi connectivity index (χ3v) is 3.36. The molecule has 0 bridgehead atoms. The van der Waals surface area contributed by atoms with Crippen molar-refractivity contribution in [2.24, 2.45) is 0 Å². The lowest BCUT2D eigenvalue weighted by Crippen LogP contribution is -2.11. The minimum absolute atomic E-state index is 0.0533. The first kappa shape index (κ1) is 13.4. The van der Waals surface area contributed by atoms with Gasteiger partial charge in [-0.05, 0) is 13.0 Å². The highest BCUT2D eigenvalue weighted by molar-refractivity contribution is 7.09. The molecular formula is C12H14N4O2S. The Bertz CT molecular complexity index is 570. The summed E-state index contributed by atoms with van der Waals surface area (Å²) in [5, 5.41) is 6.23. The van der Waals surface area contributed by atoms with Gasteiger partial charge in [0, 0.05) is 30.2 Å². The fourth-order valence-corrected chi connectivity index (χ4v) is 2.24. The summed E-state index contributed by atoms with van der Waals surface area (Å²) in [6.07, 6.45) is 2.34. The summed E-state index contributed by atoms with van der Waals surface area (Å²) < 4.78 is 4.57. The molecule has 0 spiro atoms. The van der Waals surface area contributed by atoms with E-state index in [-0.39, 0.29) is 5.82 Å². The molecular weight excluding hydrogens is 264 g/mol. The molecule has 0 saturated heterocycles. The number of carbonyl (C=O) groups is 1. The van der Waals surface area contributed by atoms with E-state index in [0.717, 1.165) is 17.1 Å². The molecule has 100 valence electrons. The third kappa shape index (κ3) is 3.72. The number of methoxy groups -OCH3 is 1. The molecule has 0 atom stereocenters. The Labute approximate surface area is 114 Å². The summed E-state index contributed by atoms with van der Waals surface area (Å²) in [4.78, 5) is 23.6. The number of aryl methyl sites for hydroxylation is 1. The Morgan fingerprint density at radius 1 is 1.47 bits per heavy atom. The predicted molar refractivity (Wildman–Crippen MR) is 72.4 cm³/mol. The van der Waals surface area contributed by atoms with Crippen LogP contribution in [0.2, 0.25) is 0 Å². The van der Waals surface area contributed by atoms with Gasteiger partial charge in [0.25, 0.3) is 0 Å². The van der Waals surface area contributed by atoms with E-state index in [4.69, 9.17) is 0 Å². The Morgan fingerprint density at radius 3 is 3.00 bits per heavy atom. The molecule has 2 rings (SSSR count). The zero-order valence-corrected chi connectivity index (χ0v) is 11.5. The van der Waals surface area contributed by atoms with E-state index in [1.165, 1.54) is 13.3 Å². The highest BCUT2D eigenvalue weighted by atomic mass is 32.1. The van der Waals surface area contributed by atoms with Gasteiger partial charge in [0.15, 0.2) is 0 Å². The number of anilines is 1. The zero-order chi connectivity index (χ0) is 13.7. The Kier molecular flexibility index (Phi) is 4.40. The highest BCUT2D eigenvalue weighted by Crippen LogP contribution is 2.10. The number of rotatable bonds is 5. The van der Waals surface area contributed by atoms with Gasteiger partial charge in [0.05, 0.1) is 12.1 Å². The van der Waals surface area contributed by atoms with Crippen LogP contribution in [0.4, 0.5) is 5.82 Å². The number of carbonyl (C=O) groups excluding carboxylic acids is 1. The molecule has 0 aliphatic carbocycles. The Morgan fingerprint density at radius 2 is 2.32 bits per heavy atom. The van der Waals surface area contributed by atoms with Crippen LogP contribution >= 0.6 is 11.3 Å². The van der Waals surface area contributed by atoms with Gasteiger partial charge >= 0.3 is 5.97 Å². The van der Waals surface area contributed by atoms with E-state index in [1.807, 2.05) is 12.3 Å². The lowest BCUT2D eigenvalue weighted by Gasteiger charge is -2.04. The second kappa shape index (κ2) is 6.24. The van der Waals surface area contributed by atoms with E-state index >= 15 is 0 Å². The molecule has 0 aliphatic rings. The van der Waals surface area contributed by atoms with Crippen molar-refractivity contribution >= 4 is 23.1 Å². The quantitative estimate of drug-likeness (QED) is 0.839. The summed E-state index contributed by atoms with van der Waals surface area (Å²) in [6.45, 7) is 2.67. The minimum atomic E-state index is -0.542. The van der Waals surface area contributed by atoms with E-state index in [9.17, 15) is 4.79 Å². The molecule has 19 heavy (non-hydrogen) atoms. The van der Waals surface area contributed by atoms with Crippen molar-refractivity contribution < 1.29 is 9.53 Å². The van der Waals surface area contributed by atoms with Crippen molar-refractivity contribution in [3.05, 3.63) is 34.2 Å². The minimum Gasteiger partial charge on any atom is -0.463 e. The molecule has 7 heteroatoms. The van der Waals surface area contributed by atoms with Crippen LogP contribution in [0.5, 0.6) is 0 Å². The molecule has 2 aromatic rings. The first-order chi connectivity index (χ1) is 9.19. The van der Waals surface area contributed by atoms with Crippen molar-refractivity contribution in [1.82, 2.24) is 15.0 Å². The molecule has 1 N–H and O–H groups in total. The topological polar surface area (TPSA) is 77.0 Å². The van der Waals surface area contributed by atoms with Crippen LogP contribution in [-0.4, -0.2) is 34.6 Å². The highest BCUT2D eigenvalue weighted by Gasteiger charge is 2.09. The lowest BCUT2D eigenvalue weighted by molar-refractivity contribution is 0.0587. The molecule has 0 amide bonds. The molecule has 0 aliphatic heterocycles. The number of nitrogens with one attached hydrogen (secondary N) is 1. The Hall–Kier alpha value is -2.02. The summed E-state index contributed by atoms with van der Waals surface area (Å²) >= 11 is 1.64. The maximum absolute atomic E-state index is 11.3. The van der Waals surface area contributed by atoms with Gasteiger partial charge in [-0.3, -0.25) is 0 Å². The van der Waals surface area contributed by atoms with Gasteiger partial charge in [0.2, 0.25) is 5.82 Å². The lowest BCUT2D eigenvalue weighted by atomic mass is 10.4. The van der Waals surface area contributed by atoms with Crippen molar-refractivity contribution in [2.45, 2.75) is 13.3 Å². The average Bonchev–Trinajstić information content (AvgIpc) is 2.84. The number of nitrogens with zero attached hydrogens (tertiary/aromatic N) is 3. The summed E-state index contributed by atoms with van der Waals surface area (Å²) in [6, 6.07) is 1.71. The number of hydrogen-bond donors (Lipinski definition) is 1. The largest absolute Gasteiger partial charge is 0.463 e. The smallest absolute Gasteiger partial charge is 0.376 e. The number of esters is 1. The van der Waals surface area contributed by atoms with Crippen molar-refractivity contribution in [2.75, 3.05) is 19.0 Å². The molecule has 2 aromatic heterocycles. The number of aromatic nitrogens is 3. The fourth-order valence-electron chi connectivity index (χ4n) is 1.46. The Balaban J connectivity index is 1.90. The first-order valence-corrected chi connectivity index (χ1v) is 6.63. The van der Waals surface area contributed by atoms with Crippen molar-refractivity contribution in [1.29, 1.82) is 0 Å². The third-order valence-electron chi connectivity index (χ3n) is 2.34. The summed E-state index contributed by atoms with van der Waals surface area (Å²) in [5.41, 5.74) is 1.04. The molecule has 0 radical (unpaired) electrons. The monoisotopic (exact) mass is 278 g/mol. The normalized spacial score (nSPS) is 10.2. The zero-order valence-electron chi connectivity index (χ0n) is 10.7. The van der Waals surface area contributed by atoms with E-state index in [1.54, 1.807) is 17.4 Å². The number of ether oxygens (including phenoxy) is 1. The van der Waals surface area contributed by atoms with Gasteiger partial charge in [0.1, 0.15) is 5.82 Å². The van der Waals surface area contributed by atoms with Crippen LogP contribution in [0.1, 0.15) is 21.3 Å². The van der Waals surface area contributed by atoms with E-state index < -0.39 is 5.97 Å². The molecule has 0 unspecified atom stereocenters. The van der Waals surface area contributed by atoms with Crippen LogP contribution in [0.15, 0.2) is 17.6 Å². The van der Waals surface area contributed by atoms with Gasteiger partial charge in [-0.25, -0.2) is 19.7 Å². The van der Waals surface area contributed by atoms with Crippen LogP contribution in [-0.2, 0) is 11.2 Å². The van der Waals surface area contributed by atoms with Crippen molar-refractivity contribution in [3.63, 3.8) is 0 Å². The first-order valence-electron chi connectivity index (χ1n) is 5.75. The van der Waals surface area contributed by atoms with Crippen LogP contribution in [0.25, 0.3) is 0 Å². The van der Waals surface area contributed by atoms with Gasteiger partial charge < -0.3 is 10.1 Å². The predicted octanol–water partition coefficient (Wildman–Crippen LogP) is 1.68.